The van der Waals surface area contributed by atoms with Crippen LogP contribution in [0, 0.1) is 10.1 Å². The lowest BCUT2D eigenvalue weighted by atomic mass is 10.1. The predicted molar refractivity (Wildman–Crippen MR) is 94.9 cm³/mol. The van der Waals surface area contributed by atoms with Crippen LogP contribution in [0.4, 0.5) is 11.4 Å². The summed E-state index contributed by atoms with van der Waals surface area (Å²) in [5, 5.41) is 13.6. The lowest BCUT2D eigenvalue weighted by Crippen LogP contribution is -2.37. The van der Waals surface area contributed by atoms with Crippen molar-refractivity contribution in [2.24, 2.45) is 0 Å². The molecule has 10 nitrogen and oxygen atoms in total. The van der Waals surface area contributed by atoms with Crippen molar-refractivity contribution >= 4 is 35.1 Å². The van der Waals surface area contributed by atoms with Gasteiger partial charge in [0.1, 0.15) is 12.1 Å². The summed E-state index contributed by atoms with van der Waals surface area (Å²) in [5.41, 5.74) is -0.754. The third-order valence-electron chi connectivity index (χ3n) is 4.08. The second-order valence-corrected chi connectivity index (χ2v) is 5.74. The number of nitro benzene ring substituents is 1. The molecule has 0 saturated heterocycles. The van der Waals surface area contributed by atoms with Crippen molar-refractivity contribution in [3.8, 4) is 0 Å². The number of nitrogens with one attached hydrogen (secondary N) is 1. The van der Waals surface area contributed by atoms with Crippen molar-refractivity contribution in [3.63, 3.8) is 0 Å². The fourth-order valence-corrected chi connectivity index (χ4v) is 2.82. The standard InChI is InChI=1S/C18H13N3O7/c1-28-18(25)10-5-2-3-7-12(10)19-14(22)9-20-16(23)11-6-4-8-13(21(26)27)15(11)17(20)24/h2-8H,9H2,1H3,(H,19,22). The number of imide groups is 1. The Kier molecular flexibility index (Phi) is 4.86. The zero-order valence-electron chi connectivity index (χ0n) is 14.5. The van der Waals surface area contributed by atoms with Crippen molar-refractivity contribution in [2.45, 2.75) is 0 Å². The highest BCUT2D eigenvalue weighted by Crippen LogP contribution is 2.30. The van der Waals surface area contributed by atoms with E-state index in [0.717, 1.165) is 6.07 Å². The first kappa shape index (κ1) is 18.7. The molecule has 10 heteroatoms. The maximum absolute atomic E-state index is 12.5. The van der Waals surface area contributed by atoms with E-state index >= 15 is 0 Å². The topological polar surface area (TPSA) is 136 Å². The maximum atomic E-state index is 12.5. The number of nitrogens with zero attached hydrogens (tertiary/aromatic N) is 2. The molecule has 0 radical (unpaired) electrons. The molecule has 0 unspecified atom stereocenters. The summed E-state index contributed by atoms with van der Waals surface area (Å²) in [4.78, 5) is 60.0. The molecule has 142 valence electrons. The minimum absolute atomic E-state index is 0.0938. The van der Waals surface area contributed by atoms with Gasteiger partial charge in [-0.05, 0) is 18.2 Å². The molecule has 1 heterocycles. The van der Waals surface area contributed by atoms with E-state index in [1.54, 1.807) is 12.1 Å². The van der Waals surface area contributed by atoms with Gasteiger partial charge in [-0.15, -0.1) is 0 Å². The van der Waals surface area contributed by atoms with Gasteiger partial charge in [0.25, 0.3) is 17.5 Å². The molecule has 0 atom stereocenters. The maximum Gasteiger partial charge on any atom is 0.339 e. The molecule has 1 aliphatic rings. The Bertz CT molecular complexity index is 1030. The minimum atomic E-state index is -0.927. The van der Waals surface area contributed by atoms with Crippen LogP contribution in [-0.2, 0) is 9.53 Å². The second kappa shape index (κ2) is 7.27. The van der Waals surface area contributed by atoms with E-state index in [4.69, 9.17) is 0 Å². The molecule has 0 aromatic heterocycles. The van der Waals surface area contributed by atoms with Crippen LogP contribution in [0.25, 0.3) is 0 Å². The van der Waals surface area contributed by atoms with Gasteiger partial charge in [-0.1, -0.05) is 18.2 Å². The summed E-state index contributed by atoms with van der Waals surface area (Å²) in [6, 6.07) is 9.73. The monoisotopic (exact) mass is 383 g/mol. The Balaban J connectivity index is 1.82. The van der Waals surface area contributed by atoms with Crippen molar-refractivity contribution in [2.75, 3.05) is 19.0 Å². The highest BCUT2D eigenvalue weighted by molar-refractivity contribution is 6.24. The lowest BCUT2D eigenvalue weighted by molar-refractivity contribution is -0.385. The van der Waals surface area contributed by atoms with E-state index in [9.17, 15) is 29.3 Å². The van der Waals surface area contributed by atoms with Crippen LogP contribution in [-0.4, -0.2) is 47.2 Å². The summed E-state index contributed by atoms with van der Waals surface area (Å²) in [7, 11) is 1.19. The van der Waals surface area contributed by atoms with E-state index in [2.05, 4.69) is 10.1 Å². The van der Waals surface area contributed by atoms with E-state index in [-0.39, 0.29) is 22.4 Å². The molecule has 0 fully saturated rings. The van der Waals surface area contributed by atoms with Gasteiger partial charge >= 0.3 is 5.97 Å². The van der Waals surface area contributed by atoms with Crippen LogP contribution in [0.2, 0.25) is 0 Å². The smallest absolute Gasteiger partial charge is 0.339 e. The first-order valence-electron chi connectivity index (χ1n) is 7.96. The van der Waals surface area contributed by atoms with Crippen LogP contribution in [0.3, 0.4) is 0 Å². The first-order chi connectivity index (χ1) is 13.3. The Morgan fingerprint density at radius 2 is 1.82 bits per heavy atom. The Labute approximate surface area is 157 Å². The van der Waals surface area contributed by atoms with Gasteiger partial charge in [-0.25, -0.2) is 4.79 Å². The van der Waals surface area contributed by atoms with Gasteiger partial charge in [0.15, 0.2) is 0 Å². The Morgan fingerprint density at radius 3 is 2.50 bits per heavy atom. The largest absolute Gasteiger partial charge is 0.465 e. The van der Waals surface area contributed by atoms with Crippen LogP contribution in [0.1, 0.15) is 31.1 Å². The van der Waals surface area contributed by atoms with Crippen molar-refractivity contribution < 1.29 is 28.8 Å². The summed E-state index contributed by atoms with van der Waals surface area (Å²) in [5.74, 6) is -3.16. The summed E-state index contributed by atoms with van der Waals surface area (Å²) < 4.78 is 4.63. The molecular weight excluding hydrogens is 370 g/mol. The third-order valence-corrected chi connectivity index (χ3v) is 4.08. The van der Waals surface area contributed by atoms with E-state index in [0.29, 0.717) is 4.90 Å². The number of carbonyl (C=O) groups is 4. The average Bonchev–Trinajstić information content (AvgIpc) is 2.92. The SMILES string of the molecule is COC(=O)c1ccccc1NC(=O)CN1C(=O)c2cccc([N+](=O)[O-])c2C1=O. The summed E-state index contributed by atoms with van der Waals surface area (Å²) in [6.07, 6.45) is 0. The number of anilines is 1. The fourth-order valence-electron chi connectivity index (χ4n) is 2.82. The molecule has 0 spiro atoms. The van der Waals surface area contributed by atoms with Crippen molar-refractivity contribution in [1.29, 1.82) is 0 Å². The number of rotatable bonds is 5. The molecule has 0 aliphatic carbocycles. The van der Waals surface area contributed by atoms with Gasteiger partial charge in [-0.2, -0.15) is 0 Å². The molecule has 0 saturated carbocycles. The molecule has 1 aliphatic heterocycles. The van der Waals surface area contributed by atoms with Gasteiger partial charge in [0.2, 0.25) is 5.91 Å². The quantitative estimate of drug-likeness (QED) is 0.358. The van der Waals surface area contributed by atoms with E-state index < -0.39 is 40.8 Å². The van der Waals surface area contributed by atoms with Crippen molar-refractivity contribution in [3.05, 3.63) is 69.3 Å². The van der Waals surface area contributed by atoms with Gasteiger partial charge < -0.3 is 10.1 Å². The number of nitro groups is 1. The number of fused-ring (bicyclic) bond motifs is 1. The van der Waals surface area contributed by atoms with Crippen LogP contribution < -0.4 is 5.32 Å². The molecule has 2 aromatic rings. The van der Waals surface area contributed by atoms with Crippen LogP contribution in [0.15, 0.2) is 42.5 Å². The molecule has 1 N–H and O–H groups in total. The van der Waals surface area contributed by atoms with Crippen molar-refractivity contribution in [1.82, 2.24) is 4.90 Å². The van der Waals surface area contributed by atoms with Gasteiger partial charge in [0, 0.05) is 6.07 Å². The van der Waals surface area contributed by atoms with Gasteiger partial charge in [0.05, 0.1) is 28.8 Å². The summed E-state index contributed by atoms with van der Waals surface area (Å²) >= 11 is 0. The number of hydrogen-bond donors (Lipinski definition) is 1. The number of ether oxygens (including phenoxy) is 1. The number of para-hydroxylation sites is 1. The van der Waals surface area contributed by atoms with Crippen LogP contribution in [0.5, 0.6) is 0 Å². The molecular formula is C18H13N3O7. The molecule has 3 rings (SSSR count). The number of benzene rings is 2. The Hall–Kier alpha value is -4.08. The zero-order valence-corrected chi connectivity index (χ0v) is 14.5. The summed E-state index contributed by atoms with van der Waals surface area (Å²) in [6.45, 7) is -0.668. The van der Waals surface area contributed by atoms with E-state index in [1.807, 2.05) is 0 Å². The van der Waals surface area contributed by atoms with Crippen LogP contribution >= 0.6 is 0 Å². The zero-order chi connectivity index (χ0) is 20.4. The lowest BCUT2D eigenvalue weighted by Gasteiger charge is -2.14. The van der Waals surface area contributed by atoms with E-state index in [1.165, 1.54) is 31.4 Å². The Morgan fingerprint density at radius 1 is 1.11 bits per heavy atom. The normalized spacial score (nSPS) is 12.5. The number of carbonyl (C=O) groups excluding carboxylic acids is 4. The number of esters is 1. The molecule has 3 amide bonds. The molecule has 2 aromatic carbocycles. The third kappa shape index (κ3) is 3.18. The predicted octanol–water partition coefficient (Wildman–Crippen LogP) is 1.62. The molecule has 28 heavy (non-hydrogen) atoms. The first-order valence-corrected chi connectivity index (χ1v) is 7.96. The van der Waals surface area contributed by atoms with Gasteiger partial charge in [-0.3, -0.25) is 29.4 Å². The second-order valence-electron chi connectivity index (χ2n) is 5.74. The number of methoxy groups -OCH3 is 1. The highest BCUT2D eigenvalue weighted by Gasteiger charge is 2.41. The molecule has 0 bridgehead atoms. The average molecular weight is 383 g/mol. The highest BCUT2D eigenvalue weighted by atomic mass is 16.6. The number of amides is 3. The fraction of sp³-hybridized carbons (Fsp3) is 0.111. The minimum Gasteiger partial charge on any atom is -0.465 e. The number of hydrogen-bond acceptors (Lipinski definition) is 7.